The van der Waals surface area contributed by atoms with Crippen LogP contribution in [0.4, 0.5) is 5.82 Å². The summed E-state index contributed by atoms with van der Waals surface area (Å²) in [4.78, 5) is 13.8. The average molecular weight is 562 g/mol. The molecule has 0 spiro atoms. The Morgan fingerprint density at radius 2 is 2.03 bits per heavy atom. The largest absolute Gasteiger partial charge is 0.454 e. The van der Waals surface area contributed by atoms with Crippen LogP contribution in [0.1, 0.15) is 13.8 Å². The number of nitrogens with one attached hydrogen (secondary N) is 1. The fraction of sp³-hybridized carbons (Fsp3) is 0.353. The molecule has 0 unspecified atom stereocenters. The third-order valence-electron chi connectivity index (χ3n) is 4.15. The van der Waals surface area contributed by atoms with Crippen LogP contribution in [-0.2, 0) is 16.6 Å². The maximum atomic E-state index is 12.4. The molecule has 0 fully saturated rings. The van der Waals surface area contributed by atoms with Crippen molar-refractivity contribution in [3.05, 3.63) is 22.0 Å². The Bertz CT molecular complexity index is 1210. The molecule has 0 saturated heterocycles. The number of anilines is 1. The molecule has 3 N–H and O–H groups in total. The molecule has 1 aliphatic rings. The molecular formula is C17H19IN6O4S2. The van der Waals surface area contributed by atoms with Gasteiger partial charge in [0.25, 0.3) is 0 Å². The Morgan fingerprint density at radius 1 is 1.30 bits per heavy atom. The van der Waals surface area contributed by atoms with Crippen LogP contribution in [0.3, 0.4) is 0 Å². The second-order valence-corrected chi connectivity index (χ2v) is 10.9. The number of sulfonamides is 1. The van der Waals surface area contributed by atoms with Crippen LogP contribution >= 0.6 is 34.4 Å². The van der Waals surface area contributed by atoms with E-state index in [1.54, 1.807) is 18.4 Å². The fourth-order valence-corrected chi connectivity index (χ4v) is 5.89. The van der Waals surface area contributed by atoms with Crippen LogP contribution in [0, 0.1) is 3.57 Å². The molecule has 0 radical (unpaired) electrons. The number of aromatic nitrogens is 4. The number of aryl methyl sites for hydroxylation is 1. The Morgan fingerprint density at radius 3 is 2.77 bits per heavy atom. The summed E-state index contributed by atoms with van der Waals surface area (Å²) in [6.45, 7) is 3.91. The van der Waals surface area contributed by atoms with E-state index in [0.717, 1.165) is 8.47 Å². The molecule has 1 aromatic carbocycles. The lowest BCUT2D eigenvalue weighted by atomic mass is 10.3. The number of hydrogen-bond donors (Lipinski definition) is 2. The van der Waals surface area contributed by atoms with Crippen molar-refractivity contribution in [2.45, 2.75) is 36.5 Å². The molecule has 13 heteroatoms. The molecule has 1 aliphatic heterocycles. The Labute approximate surface area is 191 Å². The van der Waals surface area contributed by atoms with Gasteiger partial charge in [0.15, 0.2) is 33.6 Å². The first-order chi connectivity index (χ1) is 14.2. The first-order valence-corrected chi connectivity index (χ1v) is 12.5. The molecule has 0 amide bonds. The summed E-state index contributed by atoms with van der Waals surface area (Å²) in [5, 5.41) is 0.564. The van der Waals surface area contributed by atoms with Crippen LogP contribution in [-0.4, -0.2) is 46.5 Å². The van der Waals surface area contributed by atoms with E-state index in [9.17, 15) is 8.42 Å². The lowest BCUT2D eigenvalue weighted by molar-refractivity contribution is 0.174. The highest BCUT2D eigenvalue weighted by Gasteiger charge is 2.22. The minimum Gasteiger partial charge on any atom is -0.454 e. The average Bonchev–Trinajstić information content (AvgIpc) is 3.24. The van der Waals surface area contributed by atoms with Crippen molar-refractivity contribution in [1.29, 1.82) is 0 Å². The summed E-state index contributed by atoms with van der Waals surface area (Å²) in [6, 6.07) is 3.59. The summed E-state index contributed by atoms with van der Waals surface area (Å²) < 4.78 is 40.9. The number of ether oxygens (including phenoxy) is 2. The van der Waals surface area contributed by atoms with Crippen molar-refractivity contribution in [2.75, 3.05) is 18.3 Å². The smallest absolute Gasteiger partial charge is 0.231 e. The van der Waals surface area contributed by atoms with Gasteiger partial charge in [0.2, 0.25) is 16.8 Å². The van der Waals surface area contributed by atoms with Crippen molar-refractivity contribution in [2.24, 2.45) is 0 Å². The molecule has 2 aromatic heterocycles. The molecule has 0 saturated carbocycles. The normalized spacial score (nSPS) is 13.5. The van der Waals surface area contributed by atoms with Crippen molar-refractivity contribution in [3.8, 4) is 11.5 Å². The number of rotatable bonds is 7. The number of halogens is 1. The second kappa shape index (κ2) is 8.36. The molecule has 0 bridgehead atoms. The monoisotopic (exact) mass is 562 g/mol. The summed E-state index contributed by atoms with van der Waals surface area (Å²) in [7, 11) is -3.46. The topological polar surface area (TPSA) is 134 Å². The van der Waals surface area contributed by atoms with Gasteiger partial charge in [-0.1, -0.05) is 11.8 Å². The highest BCUT2D eigenvalue weighted by molar-refractivity contribution is 14.1. The third kappa shape index (κ3) is 4.43. The van der Waals surface area contributed by atoms with Crippen molar-refractivity contribution >= 4 is 61.4 Å². The second-order valence-electron chi connectivity index (χ2n) is 6.81. The van der Waals surface area contributed by atoms with Gasteiger partial charge < -0.3 is 19.8 Å². The highest BCUT2D eigenvalue weighted by Crippen LogP contribution is 2.41. The quantitative estimate of drug-likeness (QED) is 0.416. The van der Waals surface area contributed by atoms with E-state index in [-0.39, 0.29) is 31.0 Å². The lowest BCUT2D eigenvalue weighted by Crippen LogP contribution is -2.33. The van der Waals surface area contributed by atoms with Crippen LogP contribution in [0.15, 0.2) is 28.5 Å². The Hall–Kier alpha value is -1.84. The summed E-state index contributed by atoms with van der Waals surface area (Å²) >= 11 is 3.59. The van der Waals surface area contributed by atoms with Gasteiger partial charge >= 0.3 is 0 Å². The maximum Gasteiger partial charge on any atom is 0.231 e. The van der Waals surface area contributed by atoms with E-state index in [4.69, 9.17) is 15.2 Å². The van der Waals surface area contributed by atoms with Gasteiger partial charge in [0, 0.05) is 21.1 Å². The minimum atomic E-state index is -3.46. The Kier molecular flexibility index (Phi) is 5.96. The fourth-order valence-electron chi connectivity index (χ4n) is 2.92. The van der Waals surface area contributed by atoms with E-state index in [1.807, 2.05) is 12.1 Å². The first kappa shape index (κ1) is 21.4. The summed E-state index contributed by atoms with van der Waals surface area (Å²) in [5.74, 6) is 1.47. The summed E-state index contributed by atoms with van der Waals surface area (Å²) in [6.07, 6.45) is 1.34. The third-order valence-corrected chi connectivity index (χ3v) is 8.01. The van der Waals surface area contributed by atoms with Gasteiger partial charge in [0.1, 0.15) is 6.33 Å². The number of nitrogens with two attached hydrogens (primary N) is 1. The highest BCUT2D eigenvalue weighted by atomic mass is 127. The number of nitrogen functional groups attached to an aromatic ring is 1. The maximum absolute atomic E-state index is 12.4. The van der Waals surface area contributed by atoms with E-state index in [2.05, 4.69) is 42.3 Å². The summed E-state index contributed by atoms with van der Waals surface area (Å²) in [5.41, 5.74) is 6.90. The zero-order valence-electron chi connectivity index (χ0n) is 16.1. The number of benzene rings is 1. The number of nitrogens with zero attached hydrogens (tertiary/aromatic N) is 4. The lowest BCUT2D eigenvalue weighted by Gasteiger charge is -2.12. The van der Waals surface area contributed by atoms with E-state index < -0.39 is 10.0 Å². The molecule has 3 aromatic rings. The SMILES string of the molecule is CC(C)NS(=O)(=O)CCn1c(Sc2cc3c(cc2I)OCO3)nc2c(N)ncnc21. The van der Waals surface area contributed by atoms with Crippen molar-refractivity contribution < 1.29 is 17.9 Å². The number of imidazole rings is 1. The molecule has 0 atom stereocenters. The predicted octanol–water partition coefficient (Wildman–Crippen LogP) is 2.22. The molecule has 160 valence electrons. The zero-order valence-corrected chi connectivity index (χ0v) is 19.9. The van der Waals surface area contributed by atoms with Gasteiger partial charge in [-0.2, -0.15) is 0 Å². The zero-order chi connectivity index (χ0) is 21.5. The number of fused-ring (bicyclic) bond motifs is 2. The van der Waals surface area contributed by atoms with Gasteiger partial charge in [-0.3, -0.25) is 0 Å². The van der Waals surface area contributed by atoms with E-state index in [0.29, 0.717) is 27.8 Å². The molecular weight excluding hydrogens is 543 g/mol. The van der Waals surface area contributed by atoms with Gasteiger partial charge in [0.05, 0.1) is 5.75 Å². The standard InChI is InChI=1S/C17H19IN6O4S2/c1-9(2)23-30(25,26)4-3-24-16-14(15(19)20-7-21-16)22-17(24)29-13-6-12-11(5-10(13)18)27-8-28-12/h5-7,9,23H,3-4,8H2,1-2H3,(H2,19,20,21). The molecule has 4 rings (SSSR count). The van der Waals surface area contributed by atoms with Crippen molar-refractivity contribution in [1.82, 2.24) is 24.2 Å². The molecule has 0 aliphatic carbocycles. The van der Waals surface area contributed by atoms with E-state index in [1.165, 1.54) is 18.1 Å². The van der Waals surface area contributed by atoms with Crippen LogP contribution in [0.25, 0.3) is 11.2 Å². The molecule has 3 heterocycles. The molecule has 10 nitrogen and oxygen atoms in total. The van der Waals surface area contributed by atoms with E-state index >= 15 is 0 Å². The Balaban J connectivity index is 1.71. The predicted molar refractivity (Wildman–Crippen MR) is 121 cm³/mol. The van der Waals surface area contributed by atoms with Crippen molar-refractivity contribution in [3.63, 3.8) is 0 Å². The van der Waals surface area contributed by atoms with Crippen LogP contribution in [0.2, 0.25) is 0 Å². The first-order valence-electron chi connectivity index (χ1n) is 8.97. The van der Waals surface area contributed by atoms with Gasteiger partial charge in [-0.25, -0.2) is 28.1 Å². The molecule has 30 heavy (non-hydrogen) atoms. The van der Waals surface area contributed by atoms with Gasteiger partial charge in [-0.05, 0) is 48.6 Å². The van der Waals surface area contributed by atoms with Gasteiger partial charge in [-0.15, -0.1) is 0 Å². The van der Waals surface area contributed by atoms with Crippen LogP contribution in [0.5, 0.6) is 11.5 Å². The number of hydrogen-bond acceptors (Lipinski definition) is 9. The van der Waals surface area contributed by atoms with Crippen LogP contribution < -0.4 is 19.9 Å². The minimum absolute atomic E-state index is 0.119.